The van der Waals surface area contributed by atoms with Gasteiger partial charge in [0.1, 0.15) is 16.9 Å². The SMILES string of the molecule is CN1CCC(NCc2ccc(-c3nc4c(oc5ccc(Br)cc54)c(=O)[nH]3)c(Cl)c2)CC1. The summed E-state index contributed by atoms with van der Waals surface area (Å²) in [5.41, 5.74) is 2.83. The minimum absolute atomic E-state index is 0.215. The van der Waals surface area contributed by atoms with E-state index in [0.29, 0.717) is 33.6 Å². The van der Waals surface area contributed by atoms with Crippen LogP contribution in [0.3, 0.4) is 0 Å². The maximum atomic E-state index is 12.6. The number of fused-ring (bicyclic) bond motifs is 3. The largest absolute Gasteiger partial charge is 0.449 e. The van der Waals surface area contributed by atoms with Crippen LogP contribution < -0.4 is 10.9 Å². The first-order valence-electron chi connectivity index (χ1n) is 10.3. The van der Waals surface area contributed by atoms with Gasteiger partial charge in [0.2, 0.25) is 5.58 Å². The van der Waals surface area contributed by atoms with E-state index in [4.69, 9.17) is 16.0 Å². The van der Waals surface area contributed by atoms with Crippen LogP contribution in [0.1, 0.15) is 18.4 Å². The fourth-order valence-corrected chi connectivity index (χ4v) is 4.74. The molecule has 1 aliphatic rings. The molecule has 2 aromatic carbocycles. The van der Waals surface area contributed by atoms with E-state index in [1.54, 1.807) is 0 Å². The summed E-state index contributed by atoms with van der Waals surface area (Å²) < 4.78 is 6.60. The quantitative estimate of drug-likeness (QED) is 0.414. The molecule has 0 amide bonds. The van der Waals surface area contributed by atoms with Gasteiger partial charge in [0.15, 0.2) is 0 Å². The Bertz CT molecular complexity index is 1320. The number of hydrogen-bond acceptors (Lipinski definition) is 5. The maximum absolute atomic E-state index is 12.6. The summed E-state index contributed by atoms with van der Waals surface area (Å²) in [5.74, 6) is 0.431. The van der Waals surface area contributed by atoms with Crippen LogP contribution in [0.15, 0.2) is 50.1 Å². The fourth-order valence-electron chi connectivity index (χ4n) is 4.09. The Morgan fingerprint density at radius 2 is 2.06 bits per heavy atom. The number of nitrogens with zero attached hydrogens (tertiary/aromatic N) is 2. The van der Waals surface area contributed by atoms with Gasteiger partial charge in [0, 0.05) is 28.0 Å². The van der Waals surface area contributed by atoms with Crippen LogP contribution in [0.4, 0.5) is 0 Å². The molecule has 0 radical (unpaired) electrons. The van der Waals surface area contributed by atoms with Gasteiger partial charge in [0.05, 0.1) is 5.02 Å². The third-order valence-corrected chi connectivity index (χ3v) is 6.69. The van der Waals surface area contributed by atoms with Crippen molar-refractivity contribution in [2.24, 2.45) is 0 Å². The lowest BCUT2D eigenvalue weighted by Gasteiger charge is -2.29. The van der Waals surface area contributed by atoms with E-state index in [1.807, 2.05) is 36.4 Å². The smallest absolute Gasteiger partial charge is 0.294 e. The lowest BCUT2D eigenvalue weighted by atomic mass is 10.0. The van der Waals surface area contributed by atoms with Gasteiger partial charge in [-0.25, -0.2) is 4.98 Å². The van der Waals surface area contributed by atoms with Crippen molar-refractivity contribution < 1.29 is 4.42 Å². The van der Waals surface area contributed by atoms with Gasteiger partial charge in [0.25, 0.3) is 5.56 Å². The highest BCUT2D eigenvalue weighted by molar-refractivity contribution is 9.10. The normalized spacial score (nSPS) is 15.8. The van der Waals surface area contributed by atoms with Gasteiger partial charge in [-0.15, -0.1) is 0 Å². The Hall–Kier alpha value is -2.19. The minimum atomic E-state index is -0.323. The lowest BCUT2D eigenvalue weighted by Crippen LogP contribution is -2.40. The van der Waals surface area contributed by atoms with Gasteiger partial charge in [-0.2, -0.15) is 0 Å². The van der Waals surface area contributed by atoms with Crippen LogP contribution in [0.5, 0.6) is 0 Å². The number of hydrogen-bond donors (Lipinski definition) is 2. The highest BCUT2D eigenvalue weighted by atomic mass is 79.9. The minimum Gasteiger partial charge on any atom is -0.449 e. The number of halogens is 2. The lowest BCUT2D eigenvalue weighted by molar-refractivity contribution is 0.234. The van der Waals surface area contributed by atoms with Crippen LogP contribution >= 0.6 is 27.5 Å². The molecule has 1 saturated heterocycles. The van der Waals surface area contributed by atoms with Crippen molar-refractivity contribution >= 4 is 49.6 Å². The second kappa shape index (κ2) is 8.39. The molecule has 0 unspecified atom stereocenters. The highest BCUT2D eigenvalue weighted by Crippen LogP contribution is 2.31. The van der Waals surface area contributed by atoms with E-state index >= 15 is 0 Å². The molecular formula is C23H22BrClN4O2. The van der Waals surface area contributed by atoms with Gasteiger partial charge < -0.3 is 19.6 Å². The molecule has 1 aliphatic heterocycles. The Balaban J connectivity index is 1.44. The van der Waals surface area contributed by atoms with E-state index in [9.17, 15) is 4.79 Å². The highest BCUT2D eigenvalue weighted by Gasteiger charge is 2.18. The number of aromatic nitrogens is 2. The van der Waals surface area contributed by atoms with Crippen LogP contribution in [-0.2, 0) is 6.54 Å². The molecule has 2 N–H and O–H groups in total. The van der Waals surface area contributed by atoms with E-state index in [2.05, 4.69) is 43.2 Å². The molecule has 0 bridgehead atoms. The Labute approximate surface area is 192 Å². The van der Waals surface area contributed by atoms with Crippen molar-refractivity contribution in [2.45, 2.75) is 25.4 Å². The Morgan fingerprint density at radius 1 is 1.26 bits per heavy atom. The average Bonchev–Trinajstić information content (AvgIpc) is 3.12. The molecule has 4 aromatic rings. The molecule has 0 atom stereocenters. The number of piperidine rings is 1. The first-order valence-corrected chi connectivity index (χ1v) is 11.5. The molecule has 6 nitrogen and oxygen atoms in total. The van der Waals surface area contributed by atoms with Crippen molar-refractivity contribution in [2.75, 3.05) is 20.1 Å². The van der Waals surface area contributed by atoms with Crippen molar-refractivity contribution in [1.29, 1.82) is 0 Å². The average molecular weight is 502 g/mol. The third kappa shape index (κ3) is 4.15. The molecule has 8 heteroatoms. The number of H-pyrrole nitrogens is 1. The summed E-state index contributed by atoms with van der Waals surface area (Å²) in [7, 11) is 2.16. The predicted molar refractivity (Wildman–Crippen MR) is 128 cm³/mol. The number of likely N-dealkylation sites (tertiary alicyclic amines) is 1. The third-order valence-electron chi connectivity index (χ3n) is 5.89. The first kappa shape index (κ1) is 20.7. The monoisotopic (exact) mass is 500 g/mol. The first-order chi connectivity index (χ1) is 15.0. The number of aromatic amines is 1. The van der Waals surface area contributed by atoms with E-state index in [0.717, 1.165) is 47.9 Å². The van der Waals surface area contributed by atoms with Crippen LogP contribution in [-0.4, -0.2) is 41.0 Å². The summed E-state index contributed by atoms with van der Waals surface area (Å²) in [6.45, 7) is 3.01. The molecule has 0 saturated carbocycles. The molecule has 0 aliphatic carbocycles. The molecule has 0 spiro atoms. The fraction of sp³-hybridized carbons (Fsp3) is 0.304. The van der Waals surface area contributed by atoms with Gasteiger partial charge in [-0.3, -0.25) is 4.79 Å². The Morgan fingerprint density at radius 3 is 2.84 bits per heavy atom. The molecule has 160 valence electrons. The van der Waals surface area contributed by atoms with Crippen molar-refractivity contribution in [3.63, 3.8) is 0 Å². The molecule has 1 fully saturated rings. The van der Waals surface area contributed by atoms with E-state index in [1.165, 1.54) is 0 Å². The molecule has 2 aromatic heterocycles. The van der Waals surface area contributed by atoms with Gasteiger partial charge >= 0.3 is 0 Å². The van der Waals surface area contributed by atoms with Crippen molar-refractivity contribution in [3.8, 4) is 11.4 Å². The summed E-state index contributed by atoms with van der Waals surface area (Å²) in [6, 6.07) is 12.0. The number of nitrogens with one attached hydrogen (secondary N) is 2. The second-order valence-corrected chi connectivity index (χ2v) is 9.43. The second-order valence-electron chi connectivity index (χ2n) is 8.11. The van der Waals surface area contributed by atoms with Crippen LogP contribution in [0.25, 0.3) is 33.5 Å². The Kier molecular flexibility index (Phi) is 5.60. The summed E-state index contributed by atoms with van der Waals surface area (Å²) in [5, 5.41) is 4.96. The zero-order chi connectivity index (χ0) is 21.5. The number of furan rings is 1. The van der Waals surface area contributed by atoms with E-state index < -0.39 is 0 Å². The van der Waals surface area contributed by atoms with Crippen molar-refractivity contribution in [1.82, 2.24) is 20.2 Å². The molecule has 3 heterocycles. The molecular weight excluding hydrogens is 480 g/mol. The van der Waals surface area contributed by atoms with Crippen molar-refractivity contribution in [3.05, 3.63) is 61.8 Å². The number of benzene rings is 2. The van der Waals surface area contributed by atoms with E-state index in [-0.39, 0.29) is 11.1 Å². The topological polar surface area (TPSA) is 74.2 Å². The zero-order valence-corrected chi connectivity index (χ0v) is 19.4. The molecule has 31 heavy (non-hydrogen) atoms. The standard InChI is InChI=1S/C23H22BrClN4O2/c1-29-8-6-15(7-9-29)26-12-13-2-4-16(18(25)10-13)22-27-20-17-11-14(24)3-5-19(17)31-21(20)23(30)28-22/h2-5,10-11,15,26H,6-9,12H2,1H3,(H,27,28,30). The summed E-state index contributed by atoms with van der Waals surface area (Å²) in [6.07, 6.45) is 2.31. The number of rotatable bonds is 4. The predicted octanol–water partition coefficient (Wildman–Crippen LogP) is 4.94. The van der Waals surface area contributed by atoms with Crippen LogP contribution in [0.2, 0.25) is 5.02 Å². The maximum Gasteiger partial charge on any atom is 0.294 e. The summed E-state index contributed by atoms with van der Waals surface area (Å²) in [4.78, 5) is 22.5. The summed E-state index contributed by atoms with van der Waals surface area (Å²) >= 11 is 10.1. The van der Waals surface area contributed by atoms with Gasteiger partial charge in [-0.05, 0) is 68.9 Å². The molecule has 5 rings (SSSR count). The van der Waals surface area contributed by atoms with Gasteiger partial charge in [-0.1, -0.05) is 33.6 Å². The van der Waals surface area contributed by atoms with Crippen LogP contribution in [0, 0.1) is 0 Å². The zero-order valence-electron chi connectivity index (χ0n) is 17.0.